The Balaban J connectivity index is 2.75. The first-order chi connectivity index (χ1) is 7.69. The second-order valence-corrected chi connectivity index (χ2v) is 4.46. The molecule has 0 bridgehead atoms. The summed E-state index contributed by atoms with van der Waals surface area (Å²) in [5.74, 6) is 0. The van der Waals surface area contributed by atoms with Gasteiger partial charge in [-0.15, -0.1) is 0 Å². The lowest BCUT2D eigenvalue weighted by Crippen LogP contribution is -2.20. The highest BCUT2D eigenvalue weighted by Crippen LogP contribution is 2.23. The van der Waals surface area contributed by atoms with E-state index >= 15 is 0 Å². The fraction of sp³-hybridized carbons (Fsp3) is 0.417. The molecule has 0 aliphatic heterocycles. The molecule has 0 amide bonds. The molecule has 0 atom stereocenters. The van der Waals surface area contributed by atoms with Crippen LogP contribution in [0.25, 0.3) is 0 Å². The van der Waals surface area contributed by atoms with Gasteiger partial charge in [-0.2, -0.15) is 5.26 Å². The van der Waals surface area contributed by atoms with Crippen LogP contribution in [-0.2, 0) is 4.74 Å². The van der Waals surface area contributed by atoms with Crippen molar-refractivity contribution in [2.45, 2.75) is 6.42 Å². The van der Waals surface area contributed by atoms with Crippen LogP contribution in [0, 0.1) is 11.3 Å². The van der Waals surface area contributed by atoms with Crippen LogP contribution in [0.15, 0.2) is 22.7 Å². The van der Waals surface area contributed by atoms with E-state index in [-0.39, 0.29) is 0 Å². The van der Waals surface area contributed by atoms with Crippen molar-refractivity contribution in [1.29, 1.82) is 5.26 Å². The smallest absolute Gasteiger partial charge is 0.101 e. The summed E-state index contributed by atoms with van der Waals surface area (Å²) in [5.41, 5.74) is 1.65. The number of hydrogen-bond acceptors (Lipinski definition) is 3. The lowest BCUT2D eigenvalue weighted by molar-refractivity contribution is 0.196. The number of nitrogens with zero attached hydrogens (tertiary/aromatic N) is 2. The van der Waals surface area contributed by atoms with Crippen molar-refractivity contribution in [3.05, 3.63) is 28.2 Å². The normalized spacial score (nSPS) is 9.88. The Bertz CT molecular complexity index is 387. The van der Waals surface area contributed by atoms with Gasteiger partial charge in [0.05, 0.1) is 11.3 Å². The van der Waals surface area contributed by atoms with Crippen molar-refractivity contribution < 1.29 is 4.74 Å². The Morgan fingerprint density at radius 1 is 1.50 bits per heavy atom. The van der Waals surface area contributed by atoms with Crippen LogP contribution < -0.4 is 4.90 Å². The van der Waals surface area contributed by atoms with Crippen LogP contribution in [0.3, 0.4) is 0 Å². The molecule has 1 aromatic carbocycles. The van der Waals surface area contributed by atoms with Gasteiger partial charge in [0.2, 0.25) is 0 Å². The number of methoxy groups -OCH3 is 1. The van der Waals surface area contributed by atoms with Gasteiger partial charge in [0.15, 0.2) is 0 Å². The van der Waals surface area contributed by atoms with Crippen LogP contribution >= 0.6 is 15.9 Å². The molecule has 0 aromatic heterocycles. The van der Waals surface area contributed by atoms with Gasteiger partial charge in [0.25, 0.3) is 0 Å². The highest BCUT2D eigenvalue weighted by molar-refractivity contribution is 9.10. The van der Waals surface area contributed by atoms with Crippen LogP contribution in [0.5, 0.6) is 0 Å². The number of nitriles is 1. The van der Waals surface area contributed by atoms with Crippen LogP contribution in [0.2, 0.25) is 0 Å². The van der Waals surface area contributed by atoms with E-state index in [0.717, 1.165) is 29.7 Å². The van der Waals surface area contributed by atoms with E-state index in [2.05, 4.69) is 26.9 Å². The van der Waals surface area contributed by atoms with E-state index in [1.54, 1.807) is 7.11 Å². The summed E-state index contributed by atoms with van der Waals surface area (Å²) >= 11 is 3.36. The third kappa shape index (κ3) is 3.51. The predicted octanol–water partition coefficient (Wildman–Crippen LogP) is 2.79. The van der Waals surface area contributed by atoms with E-state index in [1.165, 1.54) is 0 Å². The molecule has 4 heteroatoms. The maximum atomic E-state index is 9.04. The Morgan fingerprint density at radius 3 is 2.88 bits per heavy atom. The Kier molecular flexibility index (Phi) is 5.30. The number of benzene rings is 1. The van der Waals surface area contributed by atoms with Crippen molar-refractivity contribution in [2.24, 2.45) is 0 Å². The number of ether oxygens (including phenoxy) is 1. The average Bonchev–Trinajstić information content (AvgIpc) is 2.29. The number of hydrogen-bond donors (Lipinski definition) is 0. The summed E-state index contributed by atoms with van der Waals surface area (Å²) in [5, 5.41) is 9.04. The highest BCUT2D eigenvalue weighted by Gasteiger charge is 2.07. The molecule has 0 saturated heterocycles. The largest absolute Gasteiger partial charge is 0.385 e. The molecular weight excluding hydrogens is 268 g/mol. The van der Waals surface area contributed by atoms with Crippen molar-refractivity contribution in [2.75, 3.05) is 32.2 Å². The Morgan fingerprint density at radius 2 is 2.25 bits per heavy atom. The van der Waals surface area contributed by atoms with Crippen LogP contribution in [-0.4, -0.2) is 27.3 Å². The topological polar surface area (TPSA) is 36.3 Å². The van der Waals surface area contributed by atoms with E-state index < -0.39 is 0 Å². The summed E-state index contributed by atoms with van der Waals surface area (Å²) in [6.07, 6.45) is 0.952. The van der Waals surface area contributed by atoms with E-state index in [9.17, 15) is 0 Å². The van der Waals surface area contributed by atoms with Gasteiger partial charge >= 0.3 is 0 Å². The van der Waals surface area contributed by atoms with Crippen LogP contribution in [0.4, 0.5) is 5.69 Å². The molecule has 0 unspecified atom stereocenters. The molecule has 0 fully saturated rings. The second kappa shape index (κ2) is 6.51. The minimum atomic E-state index is 0.689. The van der Waals surface area contributed by atoms with Gasteiger partial charge < -0.3 is 9.64 Å². The molecule has 86 valence electrons. The Labute approximate surface area is 105 Å². The average molecular weight is 283 g/mol. The zero-order valence-electron chi connectivity index (χ0n) is 9.53. The van der Waals surface area contributed by atoms with Crippen molar-refractivity contribution in [1.82, 2.24) is 0 Å². The molecule has 3 nitrogen and oxygen atoms in total. The molecule has 0 aliphatic carbocycles. The fourth-order valence-electron chi connectivity index (χ4n) is 1.50. The van der Waals surface area contributed by atoms with Gasteiger partial charge in [-0.25, -0.2) is 0 Å². The first-order valence-electron chi connectivity index (χ1n) is 5.08. The SMILES string of the molecule is COCCCN(C)c1ccc(Br)cc1C#N. The molecule has 0 heterocycles. The number of halogens is 1. The first kappa shape index (κ1) is 13.0. The molecule has 0 radical (unpaired) electrons. The maximum Gasteiger partial charge on any atom is 0.101 e. The zero-order valence-corrected chi connectivity index (χ0v) is 11.1. The molecule has 1 aromatic rings. The standard InChI is InChI=1S/C12H15BrN2O/c1-15(6-3-7-16-2)12-5-4-11(13)8-10(12)9-14/h4-5,8H,3,6-7H2,1-2H3. The van der Waals surface area contributed by atoms with Crippen molar-refractivity contribution in [3.8, 4) is 6.07 Å². The molecule has 16 heavy (non-hydrogen) atoms. The molecule has 0 spiro atoms. The van der Waals surface area contributed by atoms with E-state index in [0.29, 0.717) is 5.56 Å². The lowest BCUT2D eigenvalue weighted by Gasteiger charge is -2.20. The first-order valence-corrected chi connectivity index (χ1v) is 5.88. The van der Waals surface area contributed by atoms with Crippen LogP contribution in [0.1, 0.15) is 12.0 Å². The van der Waals surface area contributed by atoms with E-state index in [1.807, 2.05) is 25.2 Å². The summed E-state index contributed by atoms with van der Waals surface area (Å²) in [6, 6.07) is 7.94. The summed E-state index contributed by atoms with van der Waals surface area (Å²) in [7, 11) is 3.68. The zero-order chi connectivity index (χ0) is 12.0. The lowest BCUT2D eigenvalue weighted by atomic mass is 10.2. The predicted molar refractivity (Wildman–Crippen MR) is 68.6 cm³/mol. The third-order valence-corrected chi connectivity index (χ3v) is 2.83. The molecule has 0 saturated carbocycles. The Hall–Kier alpha value is -1.05. The van der Waals surface area contributed by atoms with Gasteiger partial charge in [-0.05, 0) is 24.6 Å². The summed E-state index contributed by atoms with van der Waals surface area (Å²) < 4.78 is 5.93. The third-order valence-electron chi connectivity index (χ3n) is 2.33. The minimum Gasteiger partial charge on any atom is -0.385 e. The minimum absolute atomic E-state index is 0.689. The van der Waals surface area contributed by atoms with E-state index in [4.69, 9.17) is 10.00 Å². The number of anilines is 1. The second-order valence-electron chi connectivity index (χ2n) is 3.54. The van der Waals surface area contributed by atoms with Gasteiger partial charge in [0.1, 0.15) is 6.07 Å². The maximum absolute atomic E-state index is 9.04. The molecule has 0 aliphatic rings. The summed E-state index contributed by atoms with van der Waals surface area (Å²) in [4.78, 5) is 2.07. The molecule has 1 rings (SSSR count). The van der Waals surface area contributed by atoms with Gasteiger partial charge in [-0.3, -0.25) is 0 Å². The molecule has 0 N–H and O–H groups in total. The van der Waals surface area contributed by atoms with Gasteiger partial charge in [0, 0.05) is 31.8 Å². The molecular formula is C12H15BrN2O. The van der Waals surface area contributed by atoms with Crippen molar-refractivity contribution in [3.63, 3.8) is 0 Å². The highest BCUT2D eigenvalue weighted by atomic mass is 79.9. The quantitative estimate of drug-likeness (QED) is 0.780. The fourth-order valence-corrected chi connectivity index (χ4v) is 1.86. The summed E-state index contributed by atoms with van der Waals surface area (Å²) in [6.45, 7) is 1.62. The monoisotopic (exact) mass is 282 g/mol. The number of rotatable bonds is 5. The van der Waals surface area contributed by atoms with Crippen molar-refractivity contribution >= 4 is 21.6 Å². The van der Waals surface area contributed by atoms with Gasteiger partial charge in [-0.1, -0.05) is 15.9 Å².